The van der Waals surface area contributed by atoms with Crippen LogP contribution in [0.3, 0.4) is 0 Å². The van der Waals surface area contributed by atoms with Crippen molar-refractivity contribution in [2.45, 2.75) is 13.0 Å². The minimum Gasteiger partial charge on any atom is -0.486 e. The lowest BCUT2D eigenvalue weighted by molar-refractivity contribution is -0.124. The minimum absolute atomic E-state index is 0.109. The number of carbonyl (C=O) groups excluding carboxylic acids is 1. The molecule has 0 bridgehead atoms. The van der Waals surface area contributed by atoms with E-state index in [1.54, 1.807) is 0 Å². The lowest BCUT2D eigenvalue weighted by Gasteiger charge is -2.19. The van der Waals surface area contributed by atoms with Crippen LogP contribution >= 0.6 is 0 Å². The van der Waals surface area contributed by atoms with E-state index in [2.05, 4.69) is 10.6 Å². The second-order valence-electron chi connectivity index (χ2n) is 4.89. The van der Waals surface area contributed by atoms with Crippen molar-refractivity contribution in [2.75, 3.05) is 26.3 Å². The van der Waals surface area contributed by atoms with Crippen LogP contribution in [0.25, 0.3) is 0 Å². The van der Waals surface area contributed by atoms with E-state index >= 15 is 0 Å². The average molecular weight is 262 g/mol. The van der Waals surface area contributed by atoms with Gasteiger partial charge in [-0.25, -0.2) is 0 Å². The van der Waals surface area contributed by atoms with Crippen molar-refractivity contribution < 1.29 is 14.3 Å². The smallest absolute Gasteiger partial charge is 0.224 e. The highest BCUT2D eigenvalue weighted by atomic mass is 16.6. The van der Waals surface area contributed by atoms with Crippen LogP contribution in [0.15, 0.2) is 18.2 Å². The van der Waals surface area contributed by atoms with E-state index in [4.69, 9.17) is 9.47 Å². The Bertz CT molecular complexity index is 470. The molecule has 5 nitrogen and oxygen atoms in total. The summed E-state index contributed by atoms with van der Waals surface area (Å²) in [4.78, 5) is 11.9. The van der Waals surface area contributed by atoms with E-state index in [9.17, 15) is 4.79 Å². The summed E-state index contributed by atoms with van der Waals surface area (Å²) in [5.41, 5.74) is 1.03. The van der Waals surface area contributed by atoms with Gasteiger partial charge >= 0.3 is 0 Å². The van der Waals surface area contributed by atoms with E-state index in [0.29, 0.717) is 19.8 Å². The Hall–Kier alpha value is -1.75. The summed E-state index contributed by atoms with van der Waals surface area (Å²) in [5.74, 6) is 1.78. The Balaban J connectivity index is 1.59. The van der Waals surface area contributed by atoms with Crippen molar-refractivity contribution in [3.05, 3.63) is 23.8 Å². The zero-order valence-corrected chi connectivity index (χ0v) is 10.8. The summed E-state index contributed by atoms with van der Waals surface area (Å²) in [7, 11) is 0. The maximum absolute atomic E-state index is 11.9. The highest BCUT2D eigenvalue weighted by molar-refractivity contribution is 5.79. The monoisotopic (exact) mass is 262 g/mol. The Morgan fingerprint density at radius 3 is 2.95 bits per heavy atom. The SMILES string of the molecule is O=C(NCc1ccc2c(c1)OCCO2)C1CCNC1. The quantitative estimate of drug-likeness (QED) is 0.841. The first-order chi connectivity index (χ1) is 9.33. The van der Waals surface area contributed by atoms with Gasteiger partial charge in [0.2, 0.25) is 5.91 Å². The van der Waals surface area contributed by atoms with Crippen molar-refractivity contribution in [1.82, 2.24) is 10.6 Å². The third-order valence-electron chi connectivity index (χ3n) is 3.50. The predicted octanol–water partition coefficient (Wildman–Crippen LogP) is 0.683. The van der Waals surface area contributed by atoms with E-state index in [-0.39, 0.29) is 11.8 Å². The highest BCUT2D eigenvalue weighted by Gasteiger charge is 2.22. The van der Waals surface area contributed by atoms with Gasteiger partial charge in [0.15, 0.2) is 11.5 Å². The number of rotatable bonds is 3. The highest BCUT2D eigenvalue weighted by Crippen LogP contribution is 2.30. The number of hydrogen-bond donors (Lipinski definition) is 2. The molecule has 0 aromatic heterocycles. The first-order valence-corrected chi connectivity index (χ1v) is 6.70. The van der Waals surface area contributed by atoms with Crippen molar-refractivity contribution in [3.8, 4) is 11.5 Å². The van der Waals surface area contributed by atoms with Crippen LogP contribution in [-0.4, -0.2) is 32.2 Å². The molecule has 3 rings (SSSR count). The van der Waals surface area contributed by atoms with Gasteiger partial charge in [-0.05, 0) is 30.7 Å². The van der Waals surface area contributed by atoms with Crippen molar-refractivity contribution in [2.24, 2.45) is 5.92 Å². The van der Waals surface area contributed by atoms with Crippen molar-refractivity contribution in [1.29, 1.82) is 0 Å². The van der Waals surface area contributed by atoms with Gasteiger partial charge < -0.3 is 20.1 Å². The first kappa shape index (κ1) is 12.3. The molecular weight excluding hydrogens is 244 g/mol. The topological polar surface area (TPSA) is 59.6 Å². The second-order valence-corrected chi connectivity index (χ2v) is 4.89. The minimum atomic E-state index is 0.109. The third-order valence-corrected chi connectivity index (χ3v) is 3.50. The molecule has 2 heterocycles. The standard InChI is InChI=1S/C14H18N2O3/c17-14(11-3-4-15-9-11)16-8-10-1-2-12-13(7-10)19-6-5-18-12/h1-2,7,11,15H,3-6,8-9H2,(H,16,17). The Morgan fingerprint density at radius 1 is 1.32 bits per heavy atom. The normalized spacial score (nSPS) is 21.2. The molecule has 1 saturated heterocycles. The van der Waals surface area contributed by atoms with Crippen LogP contribution in [0.1, 0.15) is 12.0 Å². The summed E-state index contributed by atoms with van der Waals surface area (Å²) in [6.07, 6.45) is 0.924. The van der Waals surface area contributed by atoms with Crippen LogP contribution < -0.4 is 20.1 Å². The number of ether oxygens (including phenoxy) is 2. The van der Waals surface area contributed by atoms with E-state index in [1.807, 2.05) is 18.2 Å². The molecule has 1 atom stereocenters. The summed E-state index contributed by atoms with van der Waals surface area (Å²) >= 11 is 0. The second kappa shape index (κ2) is 5.48. The number of amides is 1. The third kappa shape index (κ3) is 2.81. The lowest BCUT2D eigenvalue weighted by atomic mass is 10.1. The molecule has 0 radical (unpaired) electrons. The Kier molecular flexibility index (Phi) is 3.55. The summed E-state index contributed by atoms with van der Waals surface area (Å²) < 4.78 is 11.0. The van der Waals surface area contributed by atoms with Gasteiger partial charge in [0.25, 0.3) is 0 Å². The molecule has 102 valence electrons. The molecule has 0 saturated carbocycles. The molecule has 1 aromatic carbocycles. The van der Waals surface area contributed by atoms with Crippen molar-refractivity contribution in [3.63, 3.8) is 0 Å². The van der Waals surface area contributed by atoms with Crippen molar-refractivity contribution >= 4 is 5.91 Å². The van der Waals surface area contributed by atoms with Gasteiger partial charge in [0.1, 0.15) is 13.2 Å². The summed E-state index contributed by atoms with van der Waals surface area (Å²) in [5, 5.41) is 6.17. The van der Waals surface area contributed by atoms with Gasteiger partial charge in [-0.3, -0.25) is 4.79 Å². The number of benzene rings is 1. The Morgan fingerprint density at radius 2 is 2.16 bits per heavy atom. The van der Waals surface area contributed by atoms with Crippen LogP contribution in [-0.2, 0) is 11.3 Å². The fourth-order valence-electron chi connectivity index (χ4n) is 2.41. The van der Waals surface area contributed by atoms with Gasteiger partial charge in [-0.2, -0.15) is 0 Å². The average Bonchev–Trinajstić information content (AvgIpc) is 2.99. The Labute approximate surface area is 112 Å². The van der Waals surface area contributed by atoms with Gasteiger partial charge in [0.05, 0.1) is 5.92 Å². The number of fused-ring (bicyclic) bond motifs is 1. The van der Waals surface area contributed by atoms with E-state index in [1.165, 1.54) is 0 Å². The maximum Gasteiger partial charge on any atom is 0.224 e. The molecule has 2 aliphatic rings. The largest absolute Gasteiger partial charge is 0.486 e. The molecule has 1 unspecified atom stereocenters. The zero-order chi connectivity index (χ0) is 13.1. The van der Waals surface area contributed by atoms with Crippen LogP contribution in [0, 0.1) is 5.92 Å². The number of carbonyl (C=O) groups is 1. The number of hydrogen-bond acceptors (Lipinski definition) is 4. The molecule has 0 aliphatic carbocycles. The zero-order valence-electron chi connectivity index (χ0n) is 10.8. The number of nitrogens with one attached hydrogen (secondary N) is 2. The molecule has 1 aromatic rings. The predicted molar refractivity (Wildman–Crippen MR) is 70.3 cm³/mol. The molecule has 0 spiro atoms. The molecule has 5 heteroatoms. The maximum atomic E-state index is 11.9. The molecular formula is C14H18N2O3. The van der Waals surface area contributed by atoms with Crippen LogP contribution in [0.4, 0.5) is 0 Å². The fraction of sp³-hybridized carbons (Fsp3) is 0.500. The molecule has 2 N–H and O–H groups in total. The van der Waals surface area contributed by atoms with E-state index < -0.39 is 0 Å². The lowest BCUT2D eigenvalue weighted by Crippen LogP contribution is -2.31. The summed E-state index contributed by atoms with van der Waals surface area (Å²) in [6, 6.07) is 5.79. The fourth-order valence-corrected chi connectivity index (χ4v) is 2.41. The van der Waals surface area contributed by atoms with Gasteiger partial charge in [0, 0.05) is 13.1 Å². The van der Waals surface area contributed by atoms with Gasteiger partial charge in [-0.1, -0.05) is 6.07 Å². The van der Waals surface area contributed by atoms with Gasteiger partial charge in [-0.15, -0.1) is 0 Å². The first-order valence-electron chi connectivity index (χ1n) is 6.70. The summed E-state index contributed by atoms with van der Waals surface area (Å²) in [6.45, 7) is 3.43. The van der Waals surface area contributed by atoms with E-state index in [0.717, 1.165) is 36.6 Å². The van der Waals surface area contributed by atoms with Crippen LogP contribution in [0.2, 0.25) is 0 Å². The molecule has 2 aliphatic heterocycles. The molecule has 19 heavy (non-hydrogen) atoms. The molecule has 1 amide bonds. The van der Waals surface area contributed by atoms with Crippen LogP contribution in [0.5, 0.6) is 11.5 Å². The molecule has 1 fully saturated rings.